The largest absolute Gasteiger partial charge is 0.493 e. The molecule has 4 N–H and O–H groups in total. The Morgan fingerprint density at radius 2 is 1.48 bits per heavy atom. The van der Waals surface area contributed by atoms with Crippen molar-refractivity contribution in [2.75, 3.05) is 44.8 Å². The van der Waals surface area contributed by atoms with Gasteiger partial charge in [-0.3, -0.25) is 0 Å². The first kappa shape index (κ1) is 21.4. The van der Waals surface area contributed by atoms with Crippen LogP contribution >= 0.6 is 0 Å². The molecule has 1 aromatic heterocycles. The Bertz CT molecular complexity index is 1070. The lowest BCUT2D eigenvalue weighted by Gasteiger charge is -2.15. The number of hydrogen-bond donors (Lipinski definition) is 3. The first-order valence-corrected chi connectivity index (χ1v) is 9.02. The third-order valence-corrected chi connectivity index (χ3v) is 4.15. The quantitative estimate of drug-likeness (QED) is 0.457. The van der Waals surface area contributed by atoms with Crippen LogP contribution in [0.4, 0.5) is 29.2 Å². The molecule has 0 radical (unpaired) electrons. The van der Waals surface area contributed by atoms with Gasteiger partial charge in [0, 0.05) is 17.8 Å². The fraction of sp³-hybridized carbons (Fsp3) is 0.200. The van der Waals surface area contributed by atoms with Crippen molar-refractivity contribution in [3.8, 4) is 17.2 Å². The van der Waals surface area contributed by atoms with Gasteiger partial charge in [0.2, 0.25) is 23.6 Å². The lowest BCUT2D eigenvalue weighted by Crippen LogP contribution is -2.10. The molecule has 0 saturated heterocycles. The molecule has 0 bridgehead atoms. The molecule has 3 rings (SSSR count). The summed E-state index contributed by atoms with van der Waals surface area (Å²) in [4.78, 5) is 24.5. The van der Waals surface area contributed by atoms with E-state index in [-0.39, 0.29) is 17.8 Å². The minimum Gasteiger partial charge on any atom is -0.493 e. The first-order valence-electron chi connectivity index (χ1n) is 9.02. The summed E-state index contributed by atoms with van der Waals surface area (Å²) in [6, 6.07) is 10.2. The van der Waals surface area contributed by atoms with Gasteiger partial charge in [-0.25, -0.2) is 4.79 Å². The second-order valence-corrected chi connectivity index (χ2v) is 6.04. The Hall–Kier alpha value is -4.28. The lowest BCUT2D eigenvalue weighted by atomic mass is 10.2. The summed E-state index contributed by atoms with van der Waals surface area (Å²) >= 11 is 0. The Labute approximate surface area is 178 Å². The van der Waals surface area contributed by atoms with E-state index in [1.165, 1.54) is 28.4 Å². The zero-order valence-electron chi connectivity index (χ0n) is 17.4. The number of aromatic nitrogens is 3. The van der Waals surface area contributed by atoms with Gasteiger partial charge in [-0.2, -0.15) is 15.0 Å². The summed E-state index contributed by atoms with van der Waals surface area (Å²) < 4.78 is 20.8. The topological polar surface area (TPSA) is 143 Å². The lowest BCUT2D eigenvalue weighted by molar-refractivity contribution is 0.0602. The molecule has 1 heterocycles. The molecule has 31 heavy (non-hydrogen) atoms. The molecule has 0 amide bonds. The van der Waals surface area contributed by atoms with Crippen molar-refractivity contribution in [3.05, 3.63) is 42.0 Å². The molecule has 3 aromatic rings. The van der Waals surface area contributed by atoms with Gasteiger partial charge in [0.1, 0.15) is 0 Å². The number of para-hydroxylation sites is 1. The zero-order chi connectivity index (χ0) is 22.4. The molecular weight excluding hydrogens is 404 g/mol. The standard InChI is InChI=1S/C20H22N6O5/c1-28-14-9-11(10-15(29-2)16(14)30-3)22-19-24-18(21)25-20(26-19)23-13-8-6-5-7-12(13)17(27)31-4/h5-10H,1-4H3,(H4,21,22,23,24,25,26). The predicted octanol–water partition coefficient (Wildman–Crippen LogP) is 2.75. The van der Waals surface area contributed by atoms with Crippen molar-refractivity contribution >= 4 is 35.2 Å². The smallest absolute Gasteiger partial charge is 0.339 e. The van der Waals surface area contributed by atoms with Gasteiger partial charge in [0.15, 0.2) is 11.5 Å². The number of benzene rings is 2. The van der Waals surface area contributed by atoms with Gasteiger partial charge in [-0.05, 0) is 12.1 Å². The highest BCUT2D eigenvalue weighted by Crippen LogP contribution is 2.40. The third kappa shape index (κ3) is 4.83. The van der Waals surface area contributed by atoms with Crippen LogP contribution < -0.4 is 30.6 Å². The molecule has 0 spiro atoms. The molecule has 11 nitrogen and oxygen atoms in total. The Kier molecular flexibility index (Phi) is 6.55. The molecule has 162 valence electrons. The maximum atomic E-state index is 12.0. The molecule has 0 fully saturated rings. The van der Waals surface area contributed by atoms with Crippen molar-refractivity contribution < 1.29 is 23.7 Å². The van der Waals surface area contributed by atoms with E-state index < -0.39 is 5.97 Å². The second-order valence-electron chi connectivity index (χ2n) is 6.04. The number of carbonyl (C=O) groups is 1. The van der Waals surface area contributed by atoms with Gasteiger partial charge >= 0.3 is 5.97 Å². The van der Waals surface area contributed by atoms with E-state index in [2.05, 4.69) is 25.6 Å². The van der Waals surface area contributed by atoms with Crippen LogP contribution in [0.5, 0.6) is 17.2 Å². The van der Waals surface area contributed by atoms with Crippen LogP contribution in [0.3, 0.4) is 0 Å². The van der Waals surface area contributed by atoms with Gasteiger partial charge in [-0.15, -0.1) is 0 Å². The summed E-state index contributed by atoms with van der Waals surface area (Å²) in [5.74, 6) is 1.14. The monoisotopic (exact) mass is 426 g/mol. The minimum atomic E-state index is -0.499. The molecule has 11 heteroatoms. The van der Waals surface area contributed by atoms with Crippen LogP contribution in [-0.4, -0.2) is 49.4 Å². The Morgan fingerprint density at radius 1 is 0.871 bits per heavy atom. The molecule has 0 unspecified atom stereocenters. The van der Waals surface area contributed by atoms with Crippen molar-refractivity contribution in [2.24, 2.45) is 0 Å². The van der Waals surface area contributed by atoms with Gasteiger partial charge in [0.05, 0.1) is 39.7 Å². The summed E-state index contributed by atoms with van der Waals surface area (Å²) in [6.45, 7) is 0. The summed E-state index contributed by atoms with van der Waals surface area (Å²) in [5.41, 5.74) is 7.20. The second kappa shape index (κ2) is 9.48. The Morgan fingerprint density at radius 3 is 2.06 bits per heavy atom. The summed E-state index contributed by atoms with van der Waals surface area (Å²) in [6.07, 6.45) is 0. The van der Waals surface area contributed by atoms with Crippen LogP contribution in [-0.2, 0) is 4.74 Å². The number of anilines is 5. The molecule has 2 aromatic carbocycles. The number of nitrogens with one attached hydrogen (secondary N) is 2. The van der Waals surface area contributed by atoms with Crippen LogP contribution in [0, 0.1) is 0 Å². The number of ether oxygens (including phenoxy) is 4. The molecule has 0 aliphatic rings. The van der Waals surface area contributed by atoms with E-state index in [4.69, 9.17) is 24.7 Å². The Balaban J connectivity index is 1.92. The zero-order valence-corrected chi connectivity index (χ0v) is 17.4. The number of nitrogens with two attached hydrogens (primary N) is 1. The first-order chi connectivity index (χ1) is 15.0. The van der Waals surface area contributed by atoms with Gasteiger partial charge in [0.25, 0.3) is 0 Å². The predicted molar refractivity (Wildman–Crippen MR) is 115 cm³/mol. The average Bonchev–Trinajstić information content (AvgIpc) is 2.77. The van der Waals surface area contributed by atoms with E-state index in [0.717, 1.165) is 0 Å². The van der Waals surface area contributed by atoms with E-state index in [1.54, 1.807) is 36.4 Å². The van der Waals surface area contributed by atoms with Crippen LogP contribution in [0.1, 0.15) is 10.4 Å². The van der Waals surface area contributed by atoms with E-state index in [0.29, 0.717) is 34.2 Å². The minimum absolute atomic E-state index is 0.0250. The van der Waals surface area contributed by atoms with Crippen molar-refractivity contribution in [2.45, 2.75) is 0 Å². The highest BCUT2D eigenvalue weighted by molar-refractivity contribution is 5.96. The molecule has 0 aliphatic carbocycles. The third-order valence-electron chi connectivity index (χ3n) is 4.15. The van der Waals surface area contributed by atoms with Crippen LogP contribution in [0.2, 0.25) is 0 Å². The molecular formula is C20H22N6O5. The summed E-state index contributed by atoms with van der Waals surface area (Å²) in [5, 5.41) is 6.00. The highest BCUT2D eigenvalue weighted by Gasteiger charge is 2.16. The van der Waals surface area contributed by atoms with Crippen LogP contribution in [0.25, 0.3) is 0 Å². The number of carbonyl (C=O) groups excluding carboxylic acids is 1. The number of methoxy groups -OCH3 is 4. The SMILES string of the molecule is COC(=O)c1ccccc1Nc1nc(N)nc(Nc2cc(OC)c(OC)c(OC)c2)n1. The van der Waals surface area contributed by atoms with Crippen molar-refractivity contribution in [1.29, 1.82) is 0 Å². The maximum absolute atomic E-state index is 12.0. The number of nitrogens with zero attached hydrogens (tertiary/aromatic N) is 3. The molecule has 0 atom stereocenters. The normalized spacial score (nSPS) is 10.2. The maximum Gasteiger partial charge on any atom is 0.339 e. The highest BCUT2D eigenvalue weighted by atomic mass is 16.5. The number of hydrogen-bond acceptors (Lipinski definition) is 11. The number of rotatable bonds is 8. The number of nitrogen functional groups attached to an aromatic ring is 1. The molecule has 0 saturated carbocycles. The van der Waals surface area contributed by atoms with E-state index in [9.17, 15) is 4.79 Å². The fourth-order valence-corrected chi connectivity index (χ4v) is 2.79. The average molecular weight is 426 g/mol. The fourth-order valence-electron chi connectivity index (χ4n) is 2.79. The number of esters is 1. The van der Waals surface area contributed by atoms with Gasteiger partial charge in [-0.1, -0.05) is 12.1 Å². The van der Waals surface area contributed by atoms with Crippen molar-refractivity contribution in [1.82, 2.24) is 15.0 Å². The van der Waals surface area contributed by atoms with Crippen LogP contribution in [0.15, 0.2) is 36.4 Å². The van der Waals surface area contributed by atoms with E-state index in [1.807, 2.05) is 0 Å². The van der Waals surface area contributed by atoms with Crippen molar-refractivity contribution in [3.63, 3.8) is 0 Å². The van der Waals surface area contributed by atoms with Gasteiger partial charge < -0.3 is 35.3 Å². The summed E-state index contributed by atoms with van der Waals surface area (Å²) in [7, 11) is 5.86. The molecule has 0 aliphatic heterocycles. The van der Waals surface area contributed by atoms with E-state index >= 15 is 0 Å².